The van der Waals surface area contributed by atoms with Gasteiger partial charge in [-0.25, -0.2) is 4.98 Å². The fraction of sp³-hybridized carbons (Fsp3) is 0.0625. The van der Waals surface area contributed by atoms with E-state index >= 15 is 0 Å². The summed E-state index contributed by atoms with van der Waals surface area (Å²) in [6.07, 6.45) is 0. The number of halogens is 1. The summed E-state index contributed by atoms with van der Waals surface area (Å²) < 4.78 is 0. The van der Waals surface area contributed by atoms with Gasteiger partial charge in [0.25, 0.3) is 0 Å². The molecule has 3 rings (SSSR count). The van der Waals surface area contributed by atoms with E-state index in [0.717, 1.165) is 11.3 Å². The first-order chi connectivity index (χ1) is 8.74. The Morgan fingerprint density at radius 1 is 0.944 bits per heavy atom. The maximum atomic E-state index is 6.04. The molecule has 0 fully saturated rings. The van der Waals surface area contributed by atoms with E-state index in [0.29, 0.717) is 5.15 Å². The normalized spacial score (nSPS) is 10.8. The molecule has 2 aromatic carbocycles. The largest absolute Gasteiger partial charge is 0.241 e. The number of benzene rings is 2. The van der Waals surface area contributed by atoms with Crippen LogP contribution in [0.1, 0.15) is 5.69 Å². The van der Waals surface area contributed by atoms with Crippen molar-refractivity contribution >= 4 is 22.4 Å². The lowest BCUT2D eigenvalue weighted by molar-refractivity contribution is 1.20. The summed E-state index contributed by atoms with van der Waals surface area (Å²) in [4.78, 5) is 4.21. The molecule has 0 aliphatic heterocycles. The second kappa shape index (κ2) is 4.43. The highest BCUT2D eigenvalue weighted by atomic mass is 35.5. The SMILES string of the molecule is Cc1cc(-c2cccc3ccccc23)cc(Cl)n1. The molecule has 0 aliphatic rings. The van der Waals surface area contributed by atoms with Crippen LogP contribution >= 0.6 is 11.6 Å². The molecule has 0 amide bonds. The highest BCUT2D eigenvalue weighted by Crippen LogP contribution is 2.29. The number of hydrogen-bond donors (Lipinski definition) is 0. The van der Waals surface area contributed by atoms with Crippen LogP contribution in [0, 0.1) is 6.92 Å². The van der Waals surface area contributed by atoms with E-state index in [9.17, 15) is 0 Å². The van der Waals surface area contributed by atoms with E-state index < -0.39 is 0 Å². The zero-order valence-electron chi connectivity index (χ0n) is 10.0. The number of rotatable bonds is 1. The van der Waals surface area contributed by atoms with Gasteiger partial charge in [0, 0.05) is 5.69 Å². The van der Waals surface area contributed by atoms with Crippen LogP contribution < -0.4 is 0 Å². The predicted molar refractivity (Wildman–Crippen MR) is 76.9 cm³/mol. The summed E-state index contributed by atoms with van der Waals surface area (Å²) in [5, 5.41) is 3.01. The molecular weight excluding hydrogens is 242 g/mol. The molecule has 0 radical (unpaired) electrons. The van der Waals surface area contributed by atoms with E-state index in [4.69, 9.17) is 11.6 Å². The lowest BCUT2D eigenvalue weighted by atomic mass is 9.99. The number of aromatic nitrogens is 1. The first-order valence-corrected chi connectivity index (χ1v) is 6.24. The van der Waals surface area contributed by atoms with E-state index in [1.54, 1.807) is 0 Å². The van der Waals surface area contributed by atoms with E-state index in [1.807, 2.05) is 13.0 Å². The fourth-order valence-corrected chi connectivity index (χ4v) is 2.51. The molecule has 88 valence electrons. The lowest BCUT2D eigenvalue weighted by Gasteiger charge is -2.08. The Morgan fingerprint density at radius 3 is 2.56 bits per heavy atom. The number of aryl methyl sites for hydroxylation is 1. The third-order valence-corrected chi connectivity index (χ3v) is 3.22. The molecule has 2 heteroatoms. The molecule has 0 saturated carbocycles. The molecule has 0 aliphatic carbocycles. The molecule has 0 saturated heterocycles. The summed E-state index contributed by atoms with van der Waals surface area (Å²) in [7, 11) is 0. The van der Waals surface area contributed by atoms with Gasteiger partial charge in [0.15, 0.2) is 0 Å². The van der Waals surface area contributed by atoms with Crippen LogP contribution in [-0.2, 0) is 0 Å². The van der Waals surface area contributed by atoms with Crippen LogP contribution in [0.3, 0.4) is 0 Å². The first kappa shape index (κ1) is 11.2. The van der Waals surface area contributed by atoms with Gasteiger partial charge in [-0.2, -0.15) is 0 Å². The zero-order chi connectivity index (χ0) is 12.5. The highest BCUT2D eigenvalue weighted by molar-refractivity contribution is 6.29. The summed E-state index contributed by atoms with van der Waals surface area (Å²) in [5.74, 6) is 0. The molecule has 18 heavy (non-hydrogen) atoms. The number of hydrogen-bond acceptors (Lipinski definition) is 1. The van der Waals surface area contributed by atoms with Gasteiger partial charge < -0.3 is 0 Å². The summed E-state index contributed by atoms with van der Waals surface area (Å²) in [5.41, 5.74) is 3.25. The van der Waals surface area contributed by atoms with Gasteiger partial charge in [0.1, 0.15) is 5.15 Å². The van der Waals surface area contributed by atoms with E-state index in [1.165, 1.54) is 16.3 Å². The molecule has 0 spiro atoms. The maximum absolute atomic E-state index is 6.04. The van der Waals surface area contributed by atoms with Gasteiger partial charge in [-0.05, 0) is 41.0 Å². The summed E-state index contributed by atoms with van der Waals surface area (Å²) in [6, 6.07) is 18.6. The van der Waals surface area contributed by atoms with Crippen LogP contribution in [0.15, 0.2) is 54.6 Å². The number of pyridine rings is 1. The van der Waals surface area contributed by atoms with Crippen LogP contribution in [0.25, 0.3) is 21.9 Å². The monoisotopic (exact) mass is 253 g/mol. The Labute approximate surface area is 111 Å². The predicted octanol–water partition coefficient (Wildman–Crippen LogP) is 4.86. The van der Waals surface area contributed by atoms with Crippen molar-refractivity contribution in [1.82, 2.24) is 4.98 Å². The second-order valence-corrected chi connectivity index (χ2v) is 4.73. The Morgan fingerprint density at radius 2 is 1.72 bits per heavy atom. The first-order valence-electron chi connectivity index (χ1n) is 5.86. The molecule has 0 N–H and O–H groups in total. The maximum Gasteiger partial charge on any atom is 0.129 e. The summed E-state index contributed by atoms with van der Waals surface area (Å²) >= 11 is 6.04. The van der Waals surface area contributed by atoms with Gasteiger partial charge in [-0.3, -0.25) is 0 Å². The van der Waals surface area contributed by atoms with Crippen molar-refractivity contribution in [1.29, 1.82) is 0 Å². The van der Waals surface area contributed by atoms with E-state index in [-0.39, 0.29) is 0 Å². The molecule has 1 nitrogen and oxygen atoms in total. The molecule has 0 atom stereocenters. The van der Waals surface area contributed by atoms with Gasteiger partial charge in [-0.15, -0.1) is 0 Å². The minimum absolute atomic E-state index is 0.540. The number of fused-ring (bicyclic) bond motifs is 1. The Balaban J connectivity index is 2.31. The Kier molecular flexibility index (Phi) is 2.77. The minimum atomic E-state index is 0.540. The Bertz CT molecular complexity index is 694. The van der Waals surface area contributed by atoms with Crippen molar-refractivity contribution in [3.05, 3.63) is 65.4 Å². The van der Waals surface area contributed by atoms with Crippen molar-refractivity contribution < 1.29 is 0 Å². The van der Waals surface area contributed by atoms with Gasteiger partial charge in [0.2, 0.25) is 0 Å². The van der Waals surface area contributed by atoms with Gasteiger partial charge in [0.05, 0.1) is 0 Å². The summed E-state index contributed by atoms with van der Waals surface area (Å²) in [6.45, 7) is 1.96. The van der Waals surface area contributed by atoms with Crippen molar-refractivity contribution in [2.75, 3.05) is 0 Å². The Hall–Kier alpha value is -1.86. The van der Waals surface area contributed by atoms with Gasteiger partial charge in [-0.1, -0.05) is 54.1 Å². The molecule has 1 aromatic heterocycles. The quantitative estimate of drug-likeness (QED) is 0.564. The van der Waals surface area contributed by atoms with Gasteiger partial charge >= 0.3 is 0 Å². The van der Waals surface area contributed by atoms with Crippen LogP contribution in [-0.4, -0.2) is 4.98 Å². The molecule has 0 unspecified atom stereocenters. The van der Waals surface area contributed by atoms with Crippen molar-refractivity contribution in [3.63, 3.8) is 0 Å². The average Bonchev–Trinajstić information content (AvgIpc) is 2.37. The van der Waals surface area contributed by atoms with Crippen molar-refractivity contribution in [2.24, 2.45) is 0 Å². The van der Waals surface area contributed by atoms with Crippen LogP contribution in [0.5, 0.6) is 0 Å². The molecular formula is C16H12ClN. The average molecular weight is 254 g/mol. The highest BCUT2D eigenvalue weighted by Gasteiger charge is 2.05. The third kappa shape index (κ3) is 1.98. The second-order valence-electron chi connectivity index (χ2n) is 4.35. The van der Waals surface area contributed by atoms with E-state index in [2.05, 4.69) is 53.5 Å². The standard InChI is InChI=1S/C16H12ClN/c1-11-9-13(10-16(17)18-11)15-8-4-6-12-5-2-3-7-14(12)15/h2-10H,1H3. The fourth-order valence-electron chi connectivity index (χ4n) is 2.26. The zero-order valence-corrected chi connectivity index (χ0v) is 10.8. The van der Waals surface area contributed by atoms with Crippen molar-refractivity contribution in [3.8, 4) is 11.1 Å². The van der Waals surface area contributed by atoms with Crippen molar-refractivity contribution in [2.45, 2.75) is 6.92 Å². The molecule has 3 aromatic rings. The smallest absolute Gasteiger partial charge is 0.129 e. The number of nitrogens with zero attached hydrogens (tertiary/aromatic N) is 1. The topological polar surface area (TPSA) is 12.9 Å². The minimum Gasteiger partial charge on any atom is -0.241 e. The third-order valence-electron chi connectivity index (χ3n) is 3.02. The van der Waals surface area contributed by atoms with Crippen LogP contribution in [0.4, 0.5) is 0 Å². The lowest BCUT2D eigenvalue weighted by Crippen LogP contribution is -1.86. The molecule has 0 bridgehead atoms. The van der Waals surface area contributed by atoms with Crippen LogP contribution in [0.2, 0.25) is 5.15 Å². The molecule has 1 heterocycles.